The molecule has 1 aliphatic heterocycles. The first kappa shape index (κ1) is 17.2. The first-order chi connectivity index (χ1) is 12.1. The number of aromatic nitrogens is 2. The molecule has 1 amide bonds. The molecule has 0 spiro atoms. The smallest absolute Gasteiger partial charge is 0.309 e. The zero-order valence-electron chi connectivity index (χ0n) is 14.2. The highest BCUT2D eigenvalue weighted by Gasteiger charge is 2.42. The van der Waals surface area contributed by atoms with E-state index in [1.54, 1.807) is 16.9 Å². The zero-order chi connectivity index (χ0) is 17.7. The third-order valence-corrected chi connectivity index (χ3v) is 4.56. The Morgan fingerprint density at radius 2 is 2.12 bits per heavy atom. The summed E-state index contributed by atoms with van der Waals surface area (Å²) in [6.45, 7) is 1.52. The van der Waals surface area contributed by atoms with E-state index >= 15 is 0 Å². The van der Waals surface area contributed by atoms with Crippen molar-refractivity contribution in [2.24, 2.45) is 0 Å². The highest BCUT2D eigenvalue weighted by Crippen LogP contribution is 2.28. The fraction of sp³-hybridized carbons (Fsp3) is 0.389. The number of ether oxygens (including phenoxy) is 1. The number of hydrogen-bond acceptors (Lipinski definition) is 5. The molecule has 132 valence electrons. The Hall–Kier alpha value is -2.67. The number of benzene rings is 1. The lowest BCUT2D eigenvalue weighted by Crippen LogP contribution is -2.52. The van der Waals surface area contributed by atoms with Crippen molar-refractivity contribution >= 4 is 17.6 Å². The van der Waals surface area contributed by atoms with Gasteiger partial charge in [0.05, 0.1) is 13.5 Å². The number of piperidine rings is 1. The van der Waals surface area contributed by atoms with Gasteiger partial charge in [0.1, 0.15) is 5.54 Å². The number of rotatable bonds is 5. The van der Waals surface area contributed by atoms with Gasteiger partial charge in [-0.1, -0.05) is 12.1 Å². The van der Waals surface area contributed by atoms with Crippen LogP contribution in [0.4, 0.5) is 5.69 Å². The summed E-state index contributed by atoms with van der Waals surface area (Å²) in [5, 5.41) is 10.6. The molecule has 2 aromatic rings. The van der Waals surface area contributed by atoms with Gasteiger partial charge in [-0.05, 0) is 49.7 Å². The van der Waals surface area contributed by atoms with Crippen LogP contribution in [0.5, 0.6) is 0 Å². The highest BCUT2D eigenvalue weighted by atomic mass is 16.5. The van der Waals surface area contributed by atoms with Gasteiger partial charge >= 0.3 is 5.97 Å². The largest absolute Gasteiger partial charge is 0.469 e. The summed E-state index contributed by atoms with van der Waals surface area (Å²) in [7, 11) is 1.36. The molecular formula is C18H22N4O3. The van der Waals surface area contributed by atoms with Crippen molar-refractivity contribution < 1.29 is 14.3 Å². The van der Waals surface area contributed by atoms with Crippen molar-refractivity contribution in [2.45, 2.75) is 24.8 Å². The normalized spacial score (nSPS) is 16.2. The number of nitrogens with zero attached hydrogens (tertiary/aromatic N) is 2. The van der Waals surface area contributed by atoms with Gasteiger partial charge in [-0.3, -0.25) is 14.3 Å². The van der Waals surface area contributed by atoms with Crippen LogP contribution < -0.4 is 10.6 Å². The Kier molecular flexibility index (Phi) is 5.14. The van der Waals surface area contributed by atoms with Gasteiger partial charge in [-0.25, -0.2) is 0 Å². The standard InChI is InChI=1S/C18H22N4O3/c1-25-16(23)13-14-4-2-5-15(12-14)21-17(24)18(6-9-19-10-7-18)22-11-3-8-20-22/h2-5,8,11-12,19H,6-7,9-10,13H2,1H3,(H,21,24). The molecule has 1 fully saturated rings. The van der Waals surface area contributed by atoms with E-state index in [4.69, 9.17) is 4.74 Å². The molecule has 1 aromatic carbocycles. The van der Waals surface area contributed by atoms with Crippen molar-refractivity contribution in [2.75, 3.05) is 25.5 Å². The van der Waals surface area contributed by atoms with Crippen LogP contribution in [0.1, 0.15) is 18.4 Å². The molecule has 7 heteroatoms. The minimum absolute atomic E-state index is 0.0899. The van der Waals surface area contributed by atoms with Crippen LogP contribution in [0.2, 0.25) is 0 Å². The number of methoxy groups -OCH3 is 1. The monoisotopic (exact) mass is 342 g/mol. The number of amides is 1. The molecule has 0 atom stereocenters. The third-order valence-electron chi connectivity index (χ3n) is 4.56. The lowest BCUT2D eigenvalue weighted by atomic mass is 9.87. The average molecular weight is 342 g/mol. The van der Waals surface area contributed by atoms with Crippen LogP contribution in [-0.4, -0.2) is 41.9 Å². The molecule has 7 nitrogen and oxygen atoms in total. The number of hydrogen-bond donors (Lipinski definition) is 2. The Morgan fingerprint density at radius 3 is 2.80 bits per heavy atom. The van der Waals surface area contributed by atoms with E-state index in [9.17, 15) is 9.59 Å². The summed E-state index contributed by atoms with van der Waals surface area (Å²) >= 11 is 0. The average Bonchev–Trinajstić information content (AvgIpc) is 3.17. The third kappa shape index (κ3) is 3.71. The first-order valence-electron chi connectivity index (χ1n) is 8.32. The predicted molar refractivity (Wildman–Crippen MR) is 93.1 cm³/mol. The Morgan fingerprint density at radius 1 is 1.32 bits per heavy atom. The molecule has 1 aromatic heterocycles. The summed E-state index contributed by atoms with van der Waals surface area (Å²) in [6, 6.07) is 9.09. The Balaban J connectivity index is 1.80. The number of carbonyl (C=O) groups excluding carboxylic acids is 2. The van der Waals surface area contributed by atoms with Crippen molar-refractivity contribution in [1.82, 2.24) is 15.1 Å². The fourth-order valence-electron chi connectivity index (χ4n) is 3.17. The van der Waals surface area contributed by atoms with Gasteiger partial charge in [0, 0.05) is 18.1 Å². The van der Waals surface area contributed by atoms with Crippen molar-refractivity contribution in [1.29, 1.82) is 0 Å². The Labute approximate surface area is 146 Å². The van der Waals surface area contributed by atoms with Crippen molar-refractivity contribution in [3.63, 3.8) is 0 Å². The van der Waals surface area contributed by atoms with E-state index < -0.39 is 5.54 Å². The molecule has 1 aliphatic rings. The SMILES string of the molecule is COC(=O)Cc1cccc(NC(=O)C2(n3cccn3)CCNCC2)c1. The summed E-state index contributed by atoms with van der Waals surface area (Å²) in [4.78, 5) is 24.5. The van der Waals surface area contributed by atoms with Crippen LogP contribution in [-0.2, 0) is 26.3 Å². The number of esters is 1. The lowest BCUT2D eigenvalue weighted by molar-refractivity contribution is -0.139. The quantitative estimate of drug-likeness (QED) is 0.801. The molecule has 0 unspecified atom stereocenters. The number of carbonyl (C=O) groups is 2. The van der Waals surface area contributed by atoms with Crippen LogP contribution in [0.3, 0.4) is 0 Å². The molecule has 0 bridgehead atoms. The minimum Gasteiger partial charge on any atom is -0.469 e. The van der Waals surface area contributed by atoms with E-state index in [1.165, 1.54) is 7.11 Å². The van der Waals surface area contributed by atoms with E-state index in [2.05, 4.69) is 15.7 Å². The van der Waals surface area contributed by atoms with Crippen LogP contribution in [0.15, 0.2) is 42.7 Å². The van der Waals surface area contributed by atoms with Gasteiger partial charge in [0.25, 0.3) is 5.91 Å². The topological polar surface area (TPSA) is 85.2 Å². The maximum Gasteiger partial charge on any atom is 0.309 e. The van der Waals surface area contributed by atoms with Crippen molar-refractivity contribution in [3.05, 3.63) is 48.3 Å². The molecule has 1 saturated heterocycles. The van der Waals surface area contributed by atoms with Crippen LogP contribution >= 0.6 is 0 Å². The highest BCUT2D eigenvalue weighted by molar-refractivity contribution is 5.96. The maximum absolute atomic E-state index is 13.1. The molecule has 2 heterocycles. The molecule has 0 saturated carbocycles. The van der Waals surface area contributed by atoms with E-state index in [0.717, 1.165) is 18.7 Å². The van der Waals surface area contributed by atoms with Gasteiger partial charge in [0.15, 0.2) is 0 Å². The summed E-state index contributed by atoms with van der Waals surface area (Å²) < 4.78 is 6.44. The predicted octanol–water partition coefficient (Wildman–Crippen LogP) is 1.32. The fourth-order valence-corrected chi connectivity index (χ4v) is 3.17. The number of nitrogens with one attached hydrogen (secondary N) is 2. The molecule has 0 radical (unpaired) electrons. The van der Waals surface area contributed by atoms with E-state index in [1.807, 2.05) is 30.5 Å². The second-order valence-electron chi connectivity index (χ2n) is 6.14. The van der Waals surface area contributed by atoms with Gasteiger partial charge < -0.3 is 15.4 Å². The molecule has 3 rings (SSSR count). The molecular weight excluding hydrogens is 320 g/mol. The summed E-state index contributed by atoms with van der Waals surface area (Å²) in [5.41, 5.74) is 0.757. The molecule has 2 N–H and O–H groups in total. The second-order valence-corrected chi connectivity index (χ2v) is 6.14. The van der Waals surface area contributed by atoms with Crippen LogP contribution in [0, 0.1) is 0 Å². The zero-order valence-corrected chi connectivity index (χ0v) is 14.2. The second kappa shape index (κ2) is 7.48. The molecule has 0 aliphatic carbocycles. The minimum atomic E-state index is -0.701. The van der Waals surface area contributed by atoms with Gasteiger partial charge in [0.2, 0.25) is 0 Å². The summed E-state index contributed by atoms with van der Waals surface area (Å²) in [5.74, 6) is -0.400. The van der Waals surface area contributed by atoms with E-state index in [0.29, 0.717) is 18.5 Å². The van der Waals surface area contributed by atoms with Gasteiger partial charge in [-0.2, -0.15) is 5.10 Å². The molecule has 25 heavy (non-hydrogen) atoms. The van der Waals surface area contributed by atoms with E-state index in [-0.39, 0.29) is 18.3 Å². The first-order valence-corrected chi connectivity index (χ1v) is 8.32. The van der Waals surface area contributed by atoms with Crippen molar-refractivity contribution in [3.8, 4) is 0 Å². The van der Waals surface area contributed by atoms with Crippen LogP contribution in [0.25, 0.3) is 0 Å². The maximum atomic E-state index is 13.1. The number of anilines is 1. The van der Waals surface area contributed by atoms with Gasteiger partial charge in [-0.15, -0.1) is 0 Å². The Bertz CT molecular complexity index is 737. The lowest BCUT2D eigenvalue weighted by Gasteiger charge is -2.36. The summed E-state index contributed by atoms with van der Waals surface area (Å²) in [6.07, 6.45) is 5.03.